The fourth-order valence-corrected chi connectivity index (χ4v) is 3.57. The van der Waals surface area contributed by atoms with E-state index in [0.717, 1.165) is 28.3 Å². The lowest BCUT2D eigenvalue weighted by Crippen LogP contribution is -2.18. The van der Waals surface area contributed by atoms with Crippen molar-refractivity contribution >= 4 is 21.7 Å². The lowest BCUT2D eigenvalue weighted by molar-refractivity contribution is 0.947. The summed E-state index contributed by atoms with van der Waals surface area (Å²) >= 11 is 1.19. The van der Waals surface area contributed by atoms with E-state index < -0.39 is 0 Å². The van der Waals surface area contributed by atoms with Gasteiger partial charge in [-0.3, -0.25) is 14.5 Å². The van der Waals surface area contributed by atoms with Crippen molar-refractivity contribution in [2.45, 2.75) is 20.8 Å². The molecule has 0 aliphatic carbocycles. The van der Waals surface area contributed by atoms with Crippen LogP contribution in [0, 0.1) is 20.8 Å². The molecule has 0 unspecified atom stereocenters. The van der Waals surface area contributed by atoms with Crippen LogP contribution in [-0.4, -0.2) is 24.1 Å². The lowest BCUT2D eigenvalue weighted by Gasteiger charge is -2.05. The standard InChI is InChI=1S/C17H15N5OS/c1-9-4-6-12(7-5-9)13-14-16(24-21-13)17(23)22(8-18-14)15-10(2)19-20-11(15)3/h4-8H,1-3H3,(H,19,20). The number of hydrogen-bond acceptors (Lipinski definition) is 5. The van der Waals surface area contributed by atoms with Gasteiger partial charge < -0.3 is 0 Å². The molecule has 1 N–H and O–H groups in total. The monoisotopic (exact) mass is 337 g/mol. The number of fused-ring (bicyclic) bond motifs is 1. The molecule has 0 atom stereocenters. The predicted octanol–water partition coefficient (Wildman–Crippen LogP) is 3.16. The van der Waals surface area contributed by atoms with E-state index in [-0.39, 0.29) is 5.56 Å². The molecule has 3 heterocycles. The molecule has 4 aromatic rings. The Hall–Kier alpha value is -2.80. The number of aromatic nitrogens is 5. The van der Waals surface area contributed by atoms with Crippen molar-refractivity contribution in [1.82, 2.24) is 24.1 Å². The molecular formula is C17H15N5OS. The van der Waals surface area contributed by atoms with Crippen molar-refractivity contribution in [2.24, 2.45) is 0 Å². The first-order valence-corrected chi connectivity index (χ1v) is 8.29. The highest BCUT2D eigenvalue weighted by Gasteiger charge is 2.17. The fraction of sp³-hybridized carbons (Fsp3) is 0.176. The zero-order valence-electron chi connectivity index (χ0n) is 13.5. The average Bonchev–Trinajstić information content (AvgIpc) is 3.14. The van der Waals surface area contributed by atoms with Crippen molar-refractivity contribution in [3.05, 3.63) is 57.9 Å². The highest BCUT2D eigenvalue weighted by molar-refractivity contribution is 7.13. The summed E-state index contributed by atoms with van der Waals surface area (Å²) in [5, 5.41) is 7.05. The topological polar surface area (TPSA) is 76.5 Å². The van der Waals surface area contributed by atoms with Gasteiger partial charge in [-0.15, -0.1) is 0 Å². The van der Waals surface area contributed by atoms with Crippen molar-refractivity contribution in [1.29, 1.82) is 0 Å². The van der Waals surface area contributed by atoms with Crippen LogP contribution in [-0.2, 0) is 0 Å². The molecule has 0 aliphatic heterocycles. The summed E-state index contributed by atoms with van der Waals surface area (Å²) in [4.78, 5) is 17.4. The first-order valence-electron chi connectivity index (χ1n) is 7.52. The van der Waals surface area contributed by atoms with Crippen LogP contribution in [0.5, 0.6) is 0 Å². The number of nitrogens with zero attached hydrogens (tertiary/aromatic N) is 4. The van der Waals surface area contributed by atoms with E-state index in [1.807, 2.05) is 45.0 Å². The molecule has 0 radical (unpaired) electrons. The van der Waals surface area contributed by atoms with Gasteiger partial charge in [0.15, 0.2) is 0 Å². The van der Waals surface area contributed by atoms with Crippen LogP contribution < -0.4 is 5.56 Å². The van der Waals surface area contributed by atoms with Crippen LogP contribution in [0.15, 0.2) is 35.4 Å². The molecule has 0 saturated carbocycles. The largest absolute Gasteiger partial charge is 0.280 e. The van der Waals surface area contributed by atoms with Crippen LogP contribution >= 0.6 is 11.5 Å². The highest BCUT2D eigenvalue weighted by Crippen LogP contribution is 2.28. The molecule has 1 aromatic carbocycles. The molecule has 0 bridgehead atoms. The van der Waals surface area contributed by atoms with Crippen molar-refractivity contribution in [3.8, 4) is 16.9 Å². The first-order chi connectivity index (χ1) is 11.6. The highest BCUT2D eigenvalue weighted by atomic mass is 32.1. The third kappa shape index (κ3) is 2.16. The minimum Gasteiger partial charge on any atom is -0.280 e. The van der Waals surface area contributed by atoms with E-state index in [4.69, 9.17) is 0 Å². The normalized spacial score (nSPS) is 11.3. The first kappa shape index (κ1) is 14.8. The smallest absolute Gasteiger partial charge is 0.277 e. The number of H-pyrrole nitrogens is 1. The Morgan fingerprint density at radius 1 is 1.12 bits per heavy atom. The van der Waals surface area contributed by atoms with E-state index in [0.29, 0.717) is 10.2 Å². The van der Waals surface area contributed by atoms with Gasteiger partial charge in [-0.1, -0.05) is 29.8 Å². The van der Waals surface area contributed by atoms with Crippen molar-refractivity contribution in [3.63, 3.8) is 0 Å². The Morgan fingerprint density at radius 2 is 1.88 bits per heavy atom. The Kier molecular flexibility index (Phi) is 3.31. The third-order valence-electron chi connectivity index (χ3n) is 4.04. The SMILES string of the molecule is Cc1ccc(-c2nsc3c(=O)n(-c4c(C)n[nH]c4C)cnc23)cc1. The Morgan fingerprint density at radius 3 is 2.54 bits per heavy atom. The lowest BCUT2D eigenvalue weighted by atomic mass is 10.1. The second kappa shape index (κ2) is 5.38. The van der Waals surface area contributed by atoms with Gasteiger partial charge in [0.05, 0.1) is 17.1 Å². The van der Waals surface area contributed by atoms with Gasteiger partial charge in [0.2, 0.25) is 0 Å². The van der Waals surface area contributed by atoms with Crippen LogP contribution in [0.2, 0.25) is 0 Å². The molecule has 4 rings (SSSR count). The van der Waals surface area contributed by atoms with E-state index in [1.165, 1.54) is 21.7 Å². The van der Waals surface area contributed by atoms with Gasteiger partial charge in [0, 0.05) is 5.56 Å². The number of nitrogens with one attached hydrogen (secondary N) is 1. The second-order valence-corrected chi connectivity index (χ2v) is 6.55. The molecule has 0 spiro atoms. The minimum absolute atomic E-state index is 0.122. The zero-order chi connectivity index (χ0) is 16.8. The molecule has 3 aromatic heterocycles. The molecule has 0 aliphatic rings. The maximum Gasteiger partial charge on any atom is 0.277 e. The number of hydrogen-bond donors (Lipinski definition) is 1. The minimum atomic E-state index is -0.122. The van der Waals surface area contributed by atoms with Crippen molar-refractivity contribution in [2.75, 3.05) is 0 Å². The zero-order valence-corrected chi connectivity index (χ0v) is 14.3. The van der Waals surface area contributed by atoms with E-state index in [2.05, 4.69) is 19.6 Å². The van der Waals surface area contributed by atoms with Crippen LogP contribution in [0.25, 0.3) is 27.2 Å². The number of benzene rings is 1. The van der Waals surface area contributed by atoms with Gasteiger partial charge in [0.1, 0.15) is 22.2 Å². The molecule has 0 fully saturated rings. The molecule has 120 valence electrons. The van der Waals surface area contributed by atoms with Gasteiger partial charge >= 0.3 is 0 Å². The maximum absolute atomic E-state index is 12.9. The van der Waals surface area contributed by atoms with E-state index >= 15 is 0 Å². The Labute approximate surface area is 142 Å². The summed E-state index contributed by atoms with van der Waals surface area (Å²) in [6.45, 7) is 5.78. The summed E-state index contributed by atoms with van der Waals surface area (Å²) in [7, 11) is 0. The summed E-state index contributed by atoms with van der Waals surface area (Å²) in [6.07, 6.45) is 1.56. The van der Waals surface area contributed by atoms with Crippen LogP contribution in [0.3, 0.4) is 0 Å². The molecule has 6 nitrogen and oxygen atoms in total. The summed E-state index contributed by atoms with van der Waals surface area (Å²) in [6, 6.07) is 8.06. The maximum atomic E-state index is 12.9. The molecule has 0 saturated heterocycles. The summed E-state index contributed by atoms with van der Waals surface area (Å²) < 4.78 is 6.55. The van der Waals surface area contributed by atoms with Crippen LogP contribution in [0.1, 0.15) is 17.0 Å². The summed E-state index contributed by atoms with van der Waals surface area (Å²) in [5.41, 5.74) is 5.76. The quantitative estimate of drug-likeness (QED) is 0.609. The Bertz CT molecular complexity index is 1080. The molecule has 7 heteroatoms. The molecular weight excluding hydrogens is 322 g/mol. The average molecular weight is 337 g/mol. The second-order valence-electron chi connectivity index (χ2n) is 5.78. The van der Waals surface area contributed by atoms with Crippen LogP contribution in [0.4, 0.5) is 0 Å². The fourth-order valence-electron chi connectivity index (χ4n) is 2.78. The third-order valence-corrected chi connectivity index (χ3v) is 4.86. The number of aromatic amines is 1. The van der Waals surface area contributed by atoms with E-state index in [9.17, 15) is 4.79 Å². The number of rotatable bonds is 2. The van der Waals surface area contributed by atoms with Crippen molar-refractivity contribution < 1.29 is 0 Å². The van der Waals surface area contributed by atoms with E-state index in [1.54, 1.807) is 6.33 Å². The van der Waals surface area contributed by atoms with Gasteiger partial charge in [-0.25, -0.2) is 4.98 Å². The van der Waals surface area contributed by atoms with Gasteiger partial charge in [-0.05, 0) is 32.3 Å². The number of aryl methyl sites for hydroxylation is 3. The van der Waals surface area contributed by atoms with Gasteiger partial charge in [-0.2, -0.15) is 9.47 Å². The van der Waals surface area contributed by atoms with Gasteiger partial charge in [0.25, 0.3) is 5.56 Å². The predicted molar refractivity (Wildman–Crippen MR) is 94.8 cm³/mol. The molecule has 24 heavy (non-hydrogen) atoms. The summed E-state index contributed by atoms with van der Waals surface area (Å²) in [5.74, 6) is 0. The molecule has 0 amide bonds. The Balaban J connectivity index is 1.93.